The summed E-state index contributed by atoms with van der Waals surface area (Å²) in [5, 5.41) is 18.8. The lowest BCUT2D eigenvalue weighted by Gasteiger charge is -2.10. The number of nitrogens with zero attached hydrogens (tertiary/aromatic N) is 2. The molecule has 0 spiro atoms. The van der Waals surface area contributed by atoms with Gasteiger partial charge in [-0.15, -0.1) is 0 Å². The van der Waals surface area contributed by atoms with Crippen molar-refractivity contribution >= 4 is 40.6 Å². The van der Waals surface area contributed by atoms with Gasteiger partial charge in [0.15, 0.2) is 11.3 Å². The molecule has 1 fully saturated rings. The summed E-state index contributed by atoms with van der Waals surface area (Å²) in [5.74, 6) is -0.614. The smallest absolute Gasteiger partial charge is 0.344 e. The van der Waals surface area contributed by atoms with Crippen molar-refractivity contribution in [2.45, 2.75) is 13.0 Å². The minimum atomic E-state index is -1.04. The van der Waals surface area contributed by atoms with Crippen molar-refractivity contribution in [3.8, 4) is 11.5 Å². The maximum Gasteiger partial charge on any atom is 0.344 e. The number of phenols is 1. The average Bonchev–Trinajstić information content (AvgIpc) is 2.93. The standard InChI is InChI=1S/C20H18N2O5S/c1-12(19(25)26)27-16-9-3-13(4-10-16)11-17-18(24)22(2)20(28-17)21-14-5-7-15(23)8-6-14/h3-12,23H,1-2H3,(H,25,26)/b17-11-,21-20?. The van der Waals surface area contributed by atoms with Crippen LogP contribution in [-0.4, -0.2) is 45.3 Å². The fourth-order valence-electron chi connectivity index (χ4n) is 2.34. The molecule has 1 unspecified atom stereocenters. The number of amides is 1. The Morgan fingerprint density at radius 3 is 2.43 bits per heavy atom. The molecule has 0 aromatic heterocycles. The number of amidine groups is 1. The molecule has 7 nitrogen and oxygen atoms in total. The summed E-state index contributed by atoms with van der Waals surface area (Å²) in [6, 6.07) is 13.2. The summed E-state index contributed by atoms with van der Waals surface area (Å²) in [6.45, 7) is 1.46. The second kappa shape index (κ2) is 8.18. The Hall–Kier alpha value is -3.26. The zero-order valence-corrected chi connectivity index (χ0v) is 16.0. The summed E-state index contributed by atoms with van der Waals surface area (Å²) in [5.41, 5.74) is 1.42. The van der Waals surface area contributed by atoms with Crippen molar-refractivity contribution < 1.29 is 24.5 Å². The highest BCUT2D eigenvalue weighted by Gasteiger charge is 2.30. The number of carboxylic acids is 1. The highest BCUT2D eigenvalue weighted by atomic mass is 32.2. The van der Waals surface area contributed by atoms with E-state index in [9.17, 15) is 14.7 Å². The number of aliphatic imine (C=N–C) groups is 1. The predicted molar refractivity (Wildman–Crippen MR) is 108 cm³/mol. The van der Waals surface area contributed by atoms with Gasteiger partial charge in [0.25, 0.3) is 5.91 Å². The number of carbonyl (C=O) groups is 2. The number of aromatic hydroxyl groups is 1. The van der Waals surface area contributed by atoms with Gasteiger partial charge in [-0.1, -0.05) is 12.1 Å². The zero-order valence-electron chi connectivity index (χ0n) is 15.2. The summed E-state index contributed by atoms with van der Waals surface area (Å²) in [7, 11) is 1.65. The number of ether oxygens (including phenoxy) is 1. The Kier molecular flexibility index (Phi) is 5.70. The number of thioether (sulfide) groups is 1. The molecule has 2 aromatic carbocycles. The quantitative estimate of drug-likeness (QED) is 0.748. The lowest BCUT2D eigenvalue weighted by Crippen LogP contribution is -2.23. The van der Waals surface area contributed by atoms with E-state index in [2.05, 4.69) is 4.99 Å². The van der Waals surface area contributed by atoms with E-state index < -0.39 is 12.1 Å². The molecule has 144 valence electrons. The summed E-state index contributed by atoms with van der Waals surface area (Å²) >= 11 is 1.26. The Morgan fingerprint density at radius 2 is 1.82 bits per heavy atom. The van der Waals surface area contributed by atoms with Crippen molar-refractivity contribution in [1.29, 1.82) is 0 Å². The van der Waals surface area contributed by atoms with E-state index in [4.69, 9.17) is 9.84 Å². The third-order valence-corrected chi connectivity index (χ3v) is 4.98. The van der Waals surface area contributed by atoms with Gasteiger partial charge in [0.2, 0.25) is 0 Å². The fraction of sp³-hybridized carbons (Fsp3) is 0.150. The fourth-order valence-corrected chi connectivity index (χ4v) is 3.32. The molecule has 1 atom stereocenters. The highest BCUT2D eigenvalue weighted by molar-refractivity contribution is 8.18. The molecule has 1 aliphatic rings. The van der Waals surface area contributed by atoms with Crippen LogP contribution in [0.2, 0.25) is 0 Å². The summed E-state index contributed by atoms with van der Waals surface area (Å²) < 4.78 is 5.29. The van der Waals surface area contributed by atoms with Crippen LogP contribution in [0.15, 0.2) is 58.4 Å². The van der Waals surface area contributed by atoms with Crippen LogP contribution in [0.4, 0.5) is 5.69 Å². The van der Waals surface area contributed by atoms with Crippen molar-refractivity contribution in [1.82, 2.24) is 4.90 Å². The Bertz CT molecular complexity index is 952. The Labute approximate surface area is 166 Å². The molecule has 3 rings (SSSR count). The van der Waals surface area contributed by atoms with Crippen LogP contribution in [0.3, 0.4) is 0 Å². The minimum absolute atomic E-state index is 0.151. The van der Waals surface area contributed by atoms with E-state index >= 15 is 0 Å². The molecule has 1 amide bonds. The Balaban J connectivity index is 1.76. The van der Waals surface area contributed by atoms with E-state index in [1.807, 2.05) is 0 Å². The lowest BCUT2D eigenvalue weighted by atomic mass is 10.2. The number of benzene rings is 2. The molecule has 0 bridgehead atoms. The monoisotopic (exact) mass is 398 g/mol. The molecule has 0 radical (unpaired) electrons. The molecule has 1 heterocycles. The molecular weight excluding hydrogens is 380 g/mol. The normalized spacial score (nSPS) is 17.9. The van der Waals surface area contributed by atoms with Crippen LogP contribution in [0.25, 0.3) is 6.08 Å². The van der Waals surface area contributed by atoms with Crippen LogP contribution in [0.1, 0.15) is 12.5 Å². The molecule has 8 heteroatoms. The molecule has 1 saturated heterocycles. The van der Waals surface area contributed by atoms with Crippen LogP contribution in [-0.2, 0) is 9.59 Å². The lowest BCUT2D eigenvalue weighted by molar-refractivity contribution is -0.144. The van der Waals surface area contributed by atoms with Gasteiger partial charge in [0.05, 0.1) is 10.6 Å². The van der Waals surface area contributed by atoms with Crippen molar-refractivity contribution in [3.63, 3.8) is 0 Å². The molecule has 2 aromatic rings. The number of rotatable bonds is 5. The van der Waals surface area contributed by atoms with Crippen LogP contribution >= 0.6 is 11.8 Å². The minimum Gasteiger partial charge on any atom is -0.508 e. The number of hydrogen-bond acceptors (Lipinski definition) is 6. The zero-order chi connectivity index (χ0) is 20.3. The Morgan fingerprint density at radius 1 is 1.18 bits per heavy atom. The number of hydrogen-bond donors (Lipinski definition) is 2. The molecule has 1 aliphatic heterocycles. The molecule has 0 saturated carbocycles. The van der Waals surface area contributed by atoms with Crippen LogP contribution < -0.4 is 4.74 Å². The van der Waals surface area contributed by atoms with Crippen LogP contribution in [0, 0.1) is 0 Å². The third kappa shape index (κ3) is 4.52. The van der Waals surface area contributed by atoms with E-state index in [1.54, 1.807) is 49.5 Å². The first kappa shape index (κ1) is 19.5. The van der Waals surface area contributed by atoms with E-state index in [-0.39, 0.29) is 11.7 Å². The molecule has 0 aliphatic carbocycles. The number of carbonyl (C=O) groups excluding carboxylic acids is 1. The largest absolute Gasteiger partial charge is 0.508 e. The second-order valence-corrected chi connectivity index (χ2v) is 7.06. The van der Waals surface area contributed by atoms with Crippen molar-refractivity contribution in [3.05, 3.63) is 59.0 Å². The second-order valence-electron chi connectivity index (χ2n) is 6.05. The van der Waals surface area contributed by atoms with Gasteiger partial charge < -0.3 is 14.9 Å². The molecule has 28 heavy (non-hydrogen) atoms. The number of aliphatic carboxylic acids is 1. The van der Waals surface area contributed by atoms with Gasteiger partial charge in [-0.05, 0) is 66.7 Å². The first-order valence-electron chi connectivity index (χ1n) is 8.38. The highest BCUT2D eigenvalue weighted by Crippen LogP contribution is 2.33. The van der Waals surface area contributed by atoms with Gasteiger partial charge in [0, 0.05) is 7.05 Å². The average molecular weight is 398 g/mol. The van der Waals surface area contributed by atoms with E-state index in [1.165, 1.54) is 35.7 Å². The number of phenolic OH excluding ortho intramolecular Hbond substituents is 1. The van der Waals surface area contributed by atoms with E-state index in [0.717, 1.165) is 5.56 Å². The van der Waals surface area contributed by atoms with Gasteiger partial charge in [-0.3, -0.25) is 9.69 Å². The maximum absolute atomic E-state index is 12.5. The van der Waals surface area contributed by atoms with Gasteiger partial charge in [-0.25, -0.2) is 9.79 Å². The first-order valence-corrected chi connectivity index (χ1v) is 9.20. The van der Waals surface area contributed by atoms with Gasteiger partial charge in [0.1, 0.15) is 11.5 Å². The topological polar surface area (TPSA) is 99.4 Å². The first-order chi connectivity index (χ1) is 13.3. The molecule has 2 N–H and O–H groups in total. The molecular formula is C20H18N2O5S. The SMILES string of the molecule is CC(Oc1ccc(/C=C2\SC(=Nc3ccc(O)cc3)N(C)C2=O)cc1)C(=O)O. The van der Waals surface area contributed by atoms with Crippen LogP contribution in [0.5, 0.6) is 11.5 Å². The van der Waals surface area contributed by atoms with Crippen molar-refractivity contribution in [2.75, 3.05) is 7.05 Å². The summed E-state index contributed by atoms with van der Waals surface area (Å²) in [4.78, 5) is 29.8. The number of carboxylic acid groups (broad SMARTS) is 1. The third-order valence-electron chi connectivity index (χ3n) is 3.92. The van der Waals surface area contributed by atoms with E-state index in [0.29, 0.717) is 21.5 Å². The predicted octanol–water partition coefficient (Wildman–Crippen LogP) is 3.48. The number of likely N-dealkylation sites (N-methyl/N-ethyl adjacent to an activating group) is 1. The van der Waals surface area contributed by atoms with Gasteiger partial charge >= 0.3 is 5.97 Å². The summed E-state index contributed by atoms with van der Waals surface area (Å²) in [6.07, 6.45) is 0.802. The van der Waals surface area contributed by atoms with Crippen molar-refractivity contribution in [2.24, 2.45) is 4.99 Å². The van der Waals surface area contributed by atoms with Gasteiger partial charge in [-0.2, -0.15) is 0 Å². The maximum atomic E-state index is 12.5.